The Bertz CT molecular complexity index is 865. The second-order valence-electron chi connectivity index (χ2n) is 5.75. The highest BCUT2D eigenvalue weighted by atomic mass is 32.2. The van der Waals surface area contributed by atoms with Crippen molar-refractivity contribution in [3.8, 4) is 11.5 Å². The fourth-order valence-corrected chi connectivity index (χ4v) is 4.18. The molecule has 0 aromatic heterocycles. The van der Waals surface area contributed by atoms with Crippen LogP contribution >= 0.6 is 24.0 Å². The van der Waals surface area contributed by atoms with Crippen molar-refractivity contribution < 1.29 is 14.3 Å². The van der Waals surface area contributed by atoms with Gasteiger partial charge in [0.05, 0.1) is 25.2 Å². The summed E-state index contributed by atoms with van der Waals surface area (Å²) >= 11 is 6.77. The second kappa shape index (κ2) is 7.93. The molecule has 0 spiro atoms. The van der Waals surface area contributed by atoms with Gasteiger partial charge in [-0.3, -0.25) is 9.69 Å². The van der Waals surface area contributed by atoms with Crippen molar-refractivity contribution in [3.05, 3.63) is 64.6 Å². The second-order valence-corrected chi connectivity index (χ2v) is 7.42. The van der Waals surface area contributed by atoms with Crippen molar-refractivity contribution >= 4 is 40.3 Å². The molecule has 1 aliphatic heterocycles. The van der Waals surface area contributed by atoms with Gasteiger partial charge in [0.15, 0.2) is 0 Å². The first-order valence-electron chi connectivity index (χ1n) is 8.09. The molecule has 1 unspecified atom stereocenters. The molecule has 6 heteroatoms. The number of benzene rings is 2. The van der Waals surface area contributed by atoms with E-state index in [1.807, 2.05) is 55.5 Å². The topological polar surface area (TPSA) is 38.8 Å². The van der Waals surface area contributed by atoms with Crippen molar-refractivity contribution in [1.82, 2.24) is 4.90 Å². The van der Waals surface area contributed by atoms with Crippen LogP contribution in [0.25, 0.3) is 6.08 Å². The van der Waals surface area contributed by atoms with Crippen LogP contribution in [-0.4, -0.2) is 29.3 Å². The fraction of sp³-hybridized carbons (Fsp3) is 0.200. The SMILES string of the molecule is COc1ccc(/C=C2\SC(=S)N(C(C)c3ccccc3)C2=O)c(OC)c1. The third-order valence-electron chi connectivity index (χ3n) is 4.22. The van der Waals surface area contributed by atoms with Crippen LogP contribution in [0.2, 0.25) is 0 Å². The Labute approximate surface area is 162 Å². The summed E-state index contributed by atoms with van der Waals surface area (Å²) in [5, 5.41) is 0. The predicted molar refractivity (Wildman–Crippen MR) is 109 cm³/mol. The molecule has 1 amide bonds. The minimum atomic E-state index is -0.118. The van der Waals surface area contributed by atoms with Gasteiger partial charge in [0, 0.05) is 11.6 Å². The maximum absolute atomic E-state index is 12.9. The van der Waals surface area contributed by atoms with Crippen molar-refractivity contribution in [2.45, 2.75) is 13.0 Å². The average Bonchev–Trinajstić information content (AvgIpc) is 2.95. The van der Waals surface area contributed by atoms with Crippen LogP contribution in [0.5, 0.6) is 11.5 Å². The Morgan fingerprint density at radius 1 is 1.12 bits per heavy atom. The minimum Gasteiger partial charge on any atom is -0.497 e. The van der Waals surface area contributed by atoms with Crippen LogP contribution in [0.4, 0.5) is 0 Å². The molecule has 3 rings (SSSR count). The standard InChI is InChI=1S/C20H19NO3S2/c1-13(14-7-5-4-6-8-14)21-19(22)18(26-20(21)25)11-15-9-10-16(23-2)12-17(15)24-3/h4-13H,1-3H3/b18-11-. The Kier molecular flexibility index (Phi) is 5.64. The number of thiocarbonyl (C=S) groups is 1. The molecule has 1 heterocycles. The van der Waals surface area contributed by atoms with Gasteiger partial charge in [0.1, 0.15) is 15.8 Å². The van der Waals surface area contributed by atoms with Gasteiger partial charge in [0.2, 0.25) is 0 Å². The van der Waals surface area contributed by atoms with E-state index in [0.29, 0.717) is 20.7 Å². The van der Waals surface area contributed by atoms with Crippen LogP contribution in [0.15, 0.2) is 53.4 Å². The number of carbonyl (C=O) groups excluding carboxylic acids is 1. The highest BCUT2D eigenvalue weighted by Crippen LogP contribution is 2.39. The van der Waals surface area contributed by atoms with Gasteiger partial charge in [-0.05, 0) is 30.7 Å². The van der Waals surface area contributed by atoms with Crippen LogP contribution in [0, 0.1) is 0 Å². The smallest absolute Gasteiger partial charge is 0.266 e. The normalized spacial score (nSPS) is 16.9. The molecule has 1 saturated heterocycles. The van der Waals surface area contributed by atoms with Crippen LogP contribution in [-0.2, 0) is 4.79 Å². The Balaban J connectivity index is 1.90. The molecule has 0 N–H and O–H groups in total. The number of thioether (sulfide) groups is 1. The molecule has 2 aromatic rings. The minimum absolute atomic E-state index is 0.0887. The predicted octanol–water partition coefficient (Wildman–Crippen LogP) is 4.67. The molecule has 0 bridgehead atoms. The van der Waals surface area contributed by atoms with Crippen LogP contribution < -0.4 is 9.47 Å². The van der Waals surface area contributed by atoms with Gasteiger partial charge in [-0.25, -0.2) is 0 Å². The van der Waals surface area contributed by atoms with Gasteiger partial charge in [-0.1, -0.05) is 54.3 Å². The molecule has 26 heavy (non-hydrogen) atoms. The molecule has 1 fully saturated rings. The number of hydrogen-bond acceptors (Lipinski definition) is 5. The van der Waals surface area contributed by atoms with Gasteiger partial charge in [0.25, 0.3) is 5.91 Å². The first kappa shape index (κ1) is 18.5. The van der Waals surface area contributed by atoms with E-state index in [0.717, 1.165) is 11.1 Å². The van der Waals surface area contributed by atoms with Gasteiger partial charge in [-0.2, -0.15) is 0 Å². The lowest BCUT2D eigenvalue weighted by molar-refractivity contribution is -0.123. The van der Waals surface area contributed by atoms with Crippen LogP contribution in [0.1, 0.15) is 24.1 Å². The Morgan fingerprint density at radius 2 is 1.85 bits per heavy atom. The Hall–Kier alpha value is -2.31. The van der Waals surface area contributed by atoms with Crippen molar-refractivity contribution in [2.75, 3.05) is 14.2 Å². The van der Waals surface area contributed by atoms with E-state index in [1.165, 1.54) is 11.8 Å². The Morgan fingerprint density at radius 3 is 2.50 bits per heavy atom. The molecule has 2 aromatic carbocycles. The largest absolute Gasteiger partial charge is 0.497 e. The summed E-state index contributed by atoms with van der Waals surface area (Å²) in [6.07, 6.45) is 1.81. The number of hydrogen-bond donors (Lipinski definition) is 0. The van der Waals surface area contributed by atoms with E-state index in [-0.39, 0.29) is 11.9 Å². The average molecular weight is 386 g/mol. The summed E-state index contributed by atoms with van der Waals surface area (Å²) < 4.78 is 11.2. The molecule has 4 nitrogen and oxygen atoms in total. The van der Waals surface area contributed by atoms with Gasteiger partial charge < -0.3 is 9.47 Å². The summed E-state index contributed by atoms with van der Waals surface area (Å²) in [6.45, 7) is 1.98. The maximum atomic E-state index is 12.9. The highest BCUT2D eigenvalue weighted by Gasteiger charge is 2.36. The molecule has 0 saturated carbocycles. The molecule has 0 aliphatic carbocycles. The molecule has 1 atom stereocenters. The van der Waals surface area contributed by atoms with E-state index in [2.05, 4.69) is 0 Å². The number of carbonyl (C=O) groups is 1. The molecule has 134 valence electrons. The molecular formula is C20H19NO3S2. The first-order chi connectivity index (χ1) is 12.5. The first-order valence-corrected chi connectivity index (χ1v) is 9.31. The summed E-state index contributed by atoms with van der Waals surface area (Å²) in [5.41, 5.74) is 1.85. The van der Waals surface area contributed by atoms with E-state index in [1.54, 1.807) is 25.2 Å². The lowest BCUT2D eigenvalue weighted by Gasteiger charge is -2.23. The number of amides is 1. The molecule has 0 radical (unpaired) electrons. The van der Waals surface area contributed by atoms with Gasteiger partial charge >= 0.3 is 0 Å². The fourth-order valence-electron chi connectivity index (χ4n) is 2.77. The van der Waals surface area contributed by atoms with Crippen LogP contribution in [0.3, 0.4) is 0 Å². The van der Waals surface area contributed by atoms with E-state index in [4.69, 9.17) is 21.7 Å². The third kappa shape index (κ3) is 3.61. The highest BCUT2D eigenvalue weighted by molar-refractivity contribution is 8.26. The summed E-state index contributed by atoms with van der Waals surface area (Å²) in [7, 11) is 3.19. The summed E-state index contributed by atoms with van der Waals surface area (Å²) in [6, 6.07) is 15.2. The van der Waals surface area contributed by atoms with E-state index < -0.39 is 0 Å². The zero-order valence-electron chi connectivity index (χ0n) is 14.8. The zero-order valence-corrected chi connectivity index (χ0v) is 16.4. The summed E-state index contributed by atoms with van der Waals surface area (Å²) in [4.78, 5) is 15.2. The number of methoxy groups -OCH3 is 2. The van der Waals surface area contributed by atoms with Crippen molar-refractivity contribution in [3.63, 3.8) is 0 Å². The zero-order chi connectivity index (χ0) is 18.7. The third-order valence-corrected chi connectivity index (χ3v) is 5.55. The lowest BCUT2D eigenvalue weighted by atomic mass is 10.1. The van der Waals surface area contributed by atoms with E-state index >= 15 is 0 Å². The quantitative estimate of drug-likeness (QED) is 0.553. The number of rotatable bonds is 5. The maximum Gasteiger partial charge on any atom is 0.266 e. The number of ether oxygens (including phenoxy) is 2. The molecule has 1 aliphatic rings. The lowest BCUT2D eigenvalue weighted by Crippen LogP contribution is -2.30. The monoisotopic (exact) mass is 385 g/mol. The van der Waals surface area contributed by atoms with Crippen molar-refractivity contribution in [1.29, 1.82) is 0 Å². The summed E-state index contributed by atoms with van der Waals surface area (Å²) in [5.74, 6) is 1.25. The van der Waals surface area contributed by atoms with Gasteiger partial charge in [-0.15, -0.1) is 0 Å². The number of nitrogens with zero attached hydrogens (tertiary/aromatic N) is 1. The van der Waals surface area contributed by atoms with Crippen molar-refractivity contribution in [2.24, 2.45) is 0 Å². The van der Waals surface area contributed by atoms with E-state index in [9.17, 15) is 4.79 Å². The molecular weight excluding hydrogens is 366 g/mol.